The van der Waals surface area contributed by atoms with Gasteiger partial charge in [0.15, 0.2) is 0 Å². The lowest BCUT2D eigenvalue weighted by molar-refractivity contribution is -0.113. The highest BCUT2D eigenvalue weighted by Gasteiger charge is 2.15. The van der Waals surface area contributed by atoms with Crippen LogP contribution in [0.2, 0.25) is 0 Å². The predicted molar refractivity (Wildman–Crippen MR) is 95.5 cm³/mol. The van der Waals surface area contributed by atoms with Gasteiger partial charge in [-0.15, -0.1) is 11.8 Å². The van der Waals surface area contributed by atoms with Gasteiger partial charge in [-0.25, -0.2) is 4.79 Å². The van der Waals surface area contributed by atoms with Crippen molar-refractivity contribution in [3.05, 3.63) is 52.5 Å². The summed E-state index contributed by atoms with van der Waals surface area (Å²) in [6.45, 7) is 5.76. The van der Waals surface area contributed by atoms with Crippen LogP contribution in [0.5, 0.6) is 0 Å². The maximum absolute atomic E-state index is 12.0. The monoisotopic (exact) mass is 347 g/mol. The Morgan fingerprint density at radius 3 is 2.58 bits per heavy atom. The number of benzene rings is 1. The Kier molecular flexibility index (Phi) is 6.09. The van der Waals surface area contributed by atoms with Crippen molar-refractivity contribution in [3.8, 4) is 0 Å². The van der Waals surface area contributed by atoms with Gasteiger partial charge in [-0.3, -0.25) is 4.79 Å². The summed E-state index contributed by atoms with van der Waals surface area (Å²) in [7, 11) is 1.33. The lowest BCUT2D eigenvalue weighted by Crippen LogP contribution is -2.14. The number of carbonyl (C=O) groups excluding carboxylic acids is 2. The van der Waals surface area contributed by atoms with Gasteiger partial charge in [-0.1, -0.05) is 6.07 Å². The van der Waals surface area contributed by atoms with Crippen LogP contribution in [0.15, 0.2) is 28.7 Å². The molecule has 6 heteroatoms. The van der Waals surface area contributed by atoms with E-state index < -0.39 is 5.97 Å². The number of hydrogen-bond donors (Lipinski definition) is 1. The normalized spacial score (nSPS) is 10.5. The topological polar surface area (TPSA) is 68.5 Å². The summed E-state index contributed by atoms with van der Waals surface area (Å²) in [6, 6.07) is 7.49. The third-order valence-electron chi connectivity index (χ3n) is 3.64. The molecular weight excluding hydrogens is 326 g/mol. The molecular formula is C18H21NO4S. The molecule has 0 saturated heterocycles. The van der Waals surface area contributed by atoms with Gasteiger partial charge in [0.2, 0.25) is 5.91 Å². The number of methoxy groups -OCH3 is 1. The van der Waals surface area contributed by atoms with Gasteiger partial charge in [0.1, 0.15) is 17.1 Å². The van der Waals surface area contributed by atoms with Crippen LogP contribution in [0.4, 0.5) is 5.69 Å². The van der Waals surface area contributed by atoms with Crippen molar-refractivity contribution in [2.24, 2.45) is 0 Å². The number of esters is 1. The van der Waals surface area contributed by atoms with Crippen LogP contribution in [0.3, 0.4) is 0 Å². The number of carbonyl (C=O) groups is 2. The molecule has 1 heterocycles. The summed E-state index contributed by atoms with van der Waals surface area (Å²) in [5.41, 5.74) is 3.55. The highest BCUT2D eigenvalue weighted by atomic mass is 32.2. The van der Waals surface area contributed by atoms with Gasteiger partial charge in [-0.2, -0.15) is 0 Å². The van der Waals surface area contributed by atoms with Gasteiger partial charge in [0, 0.05) is 5.69 Å². The Morgan fingerprint density at radius 1 is 1.17 bits per heavy atom. The summed E-state index contributed by atoms with van der Waals surface area (Å²) in [5, 5.41) is 2.88. The molecule has 0 saturated carbocycles. The zero-order valence-electron chi connectivity index (χ0n) is 14.3. The molecule has 0 fully saturated rings. The molecule has 0 radical (unpaired) electrons. The van der Waals surface area contributed by atoms with Gasteiger partial charge in [-0.05, 0) is 50.1 Å². The predicted octanol–water partition coefficient (Wildman–Crippen LogP) is 3.86. The summed E-state index contributed by atoms with van der Waals surface area (Å²) < 4.78 is 10.2. The molecule has 0 bridgehead atoms. The Morgan fingerprint density at radius 2 is 1.92 bits per heavy atom. The molecule has 0 spiro atoms. The third-order valence-corrected chi connectivity index (χ3v) is 4.60. The van der Waals surface area contributed by atoms with Crippen molar-refractivity contribution in [2.45, 2.75) is 26.5 Å². The molecule has 0 aliphatic heterocycles. The van der Waals surface area contributed by atoms with Gasteiger partial charge >= 0.3 is 5.97 Å². The van der Waals surface area contributed by atoms with E-state index in [4.69, 9.17) is 4.42 Å². The molecule has 1 amide bonds. The number of aryl methyl sites for hydroxylation is 3. The van der Waals surface area contributed by atoms with Crippen molar-refractivity contribution in [1.82, 2.24) is 0 Å². The largest absolute Gasteiger partial charge is 0.465 e. The van der Waals surface area contributed by atoms with E-state index in [9.17, 15) is 9.59 Å². The zero-order chi connectivity index (χ0) is 17.7. The highest BCUT2D eigenvalue weighted by molar-refractivity contribution is 7.99. The van der Waals surface area contributed by atoms with Gasteiger partial charge in [0.05, 0.1) is 18.6 Å². The smallest absolute Gasteiger partial charge is 0.341 e. The number of rotatable bonds is 6. The molecule has 0 aliphatic carbocycles. The molecule has 1 aromatic heterocycles. The average Bonchev–Trinajstić information content (AvgIpc) is 2.91. The Hall–Kier alpha value is -2.21. The quantitative estimate of drug-likeness (QED) is 0.804. The second-order valence-corrected chi connectivity index (χ2v) is 6.50. The maximum atomic E-state index is 12.0. The van der Waals surface area contributed by atoms with Crippen LogP contribution in [-0.4, -0.2) is 24.7 Å². The molecule has 128 valence electrons. The van der Waals surface area contributed by atoms with Crippen LogP contribution in [0.1, 0.15) is 33.0 Å². The Labute approximate surface area is 145 Å². The SMILES string of the molecule is COC(=O)c1cc(CSCC(=O)Nc2ccc(C)c(C)c2)oc1C. The second kappa shape index (κ2) is 8.06. The second-order valence-electron chi connectivity index (χ2n) is 5.51. The molecule has 2 rings (SSSR count). The van der Waals surface area contributed by atoms with Gasteiger partial charge in [0.25, 0.3) is 0 Å². The van der Waals surface area contributed by atoms with Crippen molar-refractivity contribution in [2.75, 3.05) is 18.2 Å². The standard InChI is InChI=1S/C18H21NO4S/c1-11-5-6-14(7-12(11)2)19-17(20)10-24-9-15-8-16(13(3)23-15)18(21)22-4/h5-8H,9-10H2,1-4H3,(H,19,20). The average molecular weight is 347 g/mol. The molecule has 0 unspecified atom stereocenters. The number of nitrogens with one attached hydrogen (secondary N) is 1. The summed E-state index contributed by atoms with van der Waals surface area (Å²) in [6.07, 6.45) is 0. The molecule has 0 atom stereocenters. The van der Waals surface area contributed by atoms with Crippen molar-refractivity contribution in [3.63, 3.8) is 0 Å². The summed E-state index contributed by atoms with van der Waals surface area (Å²) in [4.78, 5) is 23.5. The Balaban J connectivity index is 1.84. The van der Waals surface area contributed by atoms with Crippen molar-refractivity contribution < 1.29 is 18.7 Å². The van der Waals surface area contributed by atoms with Gasteiger partial charge < -0.3 is 14.5 Å². The summed E-state index contributed by atoms with van der Waals surface area (Å²) in [5.74, 6) is 1.51. The lowest BCUT2D eigenvalue weighted by atomic mass is 10.1. The number of hydrogen-bond acceptors (Lipinski definition) is 5. The van der Waals surface area contributed by atoms with Crippen LogP contribution >= 0.6 is 11.8 Å². The van der Waals surface area contributed by atoms with E-state index in [-0.39, 0.29) is 5.91 Å². The van der Waals surface area contributed by atoms with E-state index in [1.54, 1.807) is 13.0 Å². The zero-order valence-corrected chi connectivity index (χ0v) is 15.1. The fraction of sp³-hybridized carbons (Fsp3) is 0.333. The first-order chi connectivity index (χ1) is 11.4. The van der Waals surface area contributed by atoms with Crippen molar-refractivity contribution >= 4 is 29.3 Å². The van der Waals surface area contributed by atoms with E-state index in [2.05, 4.69) is 10.1 Å². The molecule has 24 heavy (non-hydrogen) atoms. The minimum Gasteiger partial charge on any atom is -0.465 e. The lowest BCUT2D eigenvalue weighted by Gasteiger charge is -2.07. The molecule has 1 N–H and O–H groups in total. The molecule has 5 nitrogen and oxygen atoms in total. The first kappa shape index (κ1) is 18.1. The minimum atomic E-state index is -0.417. The first-order valence-corrected chi connectivity index (χ1v) is 8.68. The number of thioether (sulfide) groups is 1. The first-order valence-electron chi connectivity index (χ1n) is 7.53. The van der Waals surface area contributed by atoms with E-state index >= 15 is 0 Å². The minimum absolute atomic E-state index is 0.0697. The highest BCUT2D eigenvalue weighted by Crippen LogP contribution is 2.21. The number of furan rings is 1. The van der Waals surface area contributed by atoms with E-state index in [1.165, 1.54) is 24.4 Å². The molecule has 0 aliphatic rings. The fourth-order valence-corrected chi connectivity index (χ4v) is 2.89. The van der Waals surface area contributed by atoms with Crippen LogP contribution in [0, 0.1) is 20.8 Å². The Bertz CT molecular complexity index is 751. The molecule has 1 aromatic carbocycles. The third kappa shape index (κ3) is 4.64. The summed E-state index contributed by atoms with van der Waals surface area (Å²) >= 11 is 1.42. The van der Waals surface area contributed by atoms with Crippen LogP contribution in [-0.2, 0) is 15.3 Å². The fourth-order valence-electron chi connectivity index (χ4n) is 2.19. The van der Waals surface area contributed by atoms with E-state index in [0.29, 0.717) is 28.6 Å². The number of anilines is 1. The molecule has 2 aromatic rings. The van der Waals surface area contributed by atoms with E-state index in [1.807, 2.05) is 32.0 Å². The van der Waals surface area contributed by atoms with Crippen LogP contribution < -0.4 is 5.32 Å². The maximum Gasteiger partial charge on any atom is 0.341 e. The number of amides is 1. The van der Waals surface area contributed by atoms with Crippen molar-refractivity contribution in [1.29, 1.82) is 0 Å². The van der Waals surface area contributed by atoms with E-state index in [0.717, 1.165) is 11.3 Å². The number of ether oxygens (including phenoxy) is 1. The van der Waals surface area contributed by atoms with Crippen LogP contribution in [0.25, 0.3) is 0 Å².